The summed E-state index contributed by atoms with van der Waals surface area (Å²) in [5, 5.41) is 14.5. The molecule has 4 heteroatoms. The first-order valence-electron chi connectivity index (χ1n) is 6.99. The molecule has 3 unspecified atom stereocenters. The Hall–Kier alpha value is -1.58. The van der Waals surface area contributed by atoms with Crippen molar-refractivity contribution >= 4 is 11.4 Å². The first kappa shape index (κ1) is 13.8. The summed E-state index contributed by atoms with van der Waals surface area (Å²) in [5.41, 5.74) is 1.83. The minimum absolute atomic E-state index is 0.186. The molecule has 0 aromatic heterocycles. The molecule has 1 aromatic carbocycles. The summed E-state index contributed by atoms with van der Waals surface area (Å²) in [7, 11) is 0. The summed E-state index contributed by atoms with van der Waals surface area (Å²) in [4.78, 5) is 10.8. The summed E-state index contributed by atoms with van der Waals surface area (Å²) in [6.07, 6.45) is 3.38. The van der Waals surface area contributed by atoms with Gasteiger partial charge in [0.1, 0.15) is 5.69 Å². The molecular weight excluding hydrogens is 240 g/mol. The molecule has 0 bridgehead atoms. The predicted molar refractivity (Wildman–Crippen MR) is 77.4 cm³/mol. The van der Waals surface area contributed by atoms with E-state index in [-0.39, 0.29) is 10.6 Å². The fourth-order valence-electron chi connectivity index (χ4n) is 2.87. The van der Waals surface area contributed by atoms with Crippen LogP contribution in [0.4, 0.5) is 11.4 Å². The number of aryl methyl sites for hydroxylation is 1. The second-order valence-electron chi connectivity index (χ2n) is 5.84. The Morgan fingerprint density at radius 1 is 1.26 bits per heavy atom. The highest BCUT2D eigenvalue weighted by Crippen LogP contribution is 2.34. The summed E-state index contributed by atoms with van der Waals surface area (Å²) >= 11 is 0. The normalized spacial score (nSPS) is 27.0. The van der Waals surface area contributed by atoms with Crippen molar-refractivity contribution in [1.82, 2.24) is 0 Å². The zero-order valence-corrected chi connectivity index (χ0v) is 11.8. The number of nitro benzene ring substituents is 1. The van der Waals surface area contributed by atoms with Crippen molar-refractivity contribution in [2.75, 3.05) is 5.32 Å². The molecule has 1 aliphatic carbocycles. The van der Waals surface area contributed by atoms with Crippen molar-refractivity contribution < 1.29 is 4.92 Å². The van der Waals surface area contributed by atoms with Gasteiger partial charge in [-0.1, -0.05) is 26.0 Å². The molecule has 1 aromatic rings. The molecule has 3 atom stereocenters. The van der Waals surface area contributed by atoms with Crippen LogP contribution in [0.1, 0.15) is 38.7 Å². The monoisotopic (exact) mass is 262 g/mol. The van der Waals surface area contributed by atoms with E-state index in [4.69, 9.17) is 0 Å². The Labute approximate surface area is 114 Å². The second-order valence-corrected chi connectivity index (χ2v) is 5.84. The van der Waals surface area contributed by atoms with Gasteiger partial charge in [-0.2, -0.15) is 0 Å². The standard InChI is InChI=1S/C15H22N2O2/c1-10-7-8-13(9-12(10)3)16-15-11(2)5-4-6-14(15)17(18)19/h4-6,10,12-13,16H,7-9H2,1-3H3. The molecular formula is C15H22N2O2. The second kappa shape index (κ2) is 5.59. The average Bonchev–Trinajstić information content (AvgIpc) is 2.36. The number of hydrogen-bond donors (Lipinski definition) is 1. The zero-order valence-electron chi connectivity index (χ0n) is 11.8. The predicted octanol–water partition coefficient (Wildman–Crippen LogP) is 4.14. The largest absolute Gasteiger partial charge is 0.377 e. The van der Waals surface area contributed by atoms with Crippen molar-refractivity contribution in [3.63, 3.8) is 0 Å². The molecule has 0 heterocycles. The van der Waals surface area contributed by atoms with Gasteiger partial charge in [-0.25, -0.2) is 0 Å². The van der Waals surface area contributed by atoms with E-state index in [1.807, 2.05) is 13.0 Å². The van der Waals surface area contributed by atoms with Gasteiger partial charge < -0.3 is 5.32 Å². The average molecular weight is 262 g/mol. The van der Waals surface area contributed by atoms with Gasteiger partial charge in [-0.05, 0) is 43.6 Å². The van der Waals surface area contributed by atoms with Crippen LogP contribution in [0.3, 0.4) is 0 Å². The highest BCUT2D eigenvalue weighted by atomic mass is 16.6. The number of rotatable bonds is 3. The molecule has 1 aliphatic rings. The number of para-hydroxylation sites is 1. The molecule has 0 saturated heterocycles. The minimum atomic E-state index is -0.301. The van der Waals surface area contributed by atoms with Crippen molar-refractivity contribution in [3.8, 4) is 0 Å². The molecule has 0 amide bonds. The first-order valence-corrected chi connectivity index (χ1v) is 6.99. The van der Waals surface area contributed by atoms with Gasteiger partial charge in [-0.15, -0.1) is 0 Å². The summed E-state index contributed by atoms with van der Waals surface area (Å²) in [6, 6.07) is 5.59. The fourth-order valence-corrected chi connectivity index (χ4v) is 2.87. The highest BCUT2D eigenvalue weighted by Gasteiger charge is 2.26. The van der Waals surface area contributed by atoms with Crippen LogP contribution in [0.2, 0.25) is 0 Å². The Balaban J connectivity index is 2.17. The number of hydrogen-bond acceptors (Lipinski definition) is 3. The molecule has 0 spiro atoms. The third kappa shape index (κ3) is 3.06. The van der Waals surface area contributed by atoms with Gasteiger partial charge in [0.15, 0.2) is 0 Å². The van der Waals surface area contributed by atoms with Crippen molar-refractivity contribution in [3.05, 3.63) is 33.9 Å². The zero-order chi connectivity index (χ0) is 14.0. The van der Waals surface area contributed by atoms with Crippen LogP contribution in [-0.2, 0) is 0 Å². The lowest BCUT2D eigenvalue weighted by Gasteiger charge is -2.33. The van der Waals surface area contributed by atoms with Crippen LogP contribution in [0.5, 0.6) is 0 Å². The van der Waals surface area contributed by atoms with E-state index in [9.17, 15) is 10.1 Å². The van der Waals surface area contributed by atoms with E-state index in [0.717, 1.165) is 24.3 Å². The van der Waals surface area contributed by atoms with Gasteiger partial charge in [0, 0.05) is 12.1 Å². The van der Waals surface area contributed by atoms with Crippen molar-refractivity contribution in [2.24, 2.45) is 11.8 Å². The minimum Gasteiger partial charge on any atom is -0.377 e. The molecule has 0 aliphatic heterocycles. The van der Waals surface area contributed by atoms with Gasteiger partial charge >= 0.3 is 0 Å². The van der Waals surface area contributed by atoms with Crippen LogP contribution in [-0.4, -0.2) is 11.0 Å². The van der Waals surface area contributed by atoms with E-state index in [1.54, 1.807) is 12.1 Å². The Morgan fingerprint density at radius 2 is 2.00 bits per heavy atom. The van der Waals surface area contributed by atoms with E-state index in [0.29, 0.717) is 17.6 Å². The lowest BCUT2D eigenvalue weighted by atomic mass is 9.79. The van der Waals surface area contributed by atoms with E-state index < -0.39 is 0 Å². The number of benzene rings is 1. The van der Waals surface area contributed by atoms with E-state index in [2.05, 4.69) is 19.2 Å². The third-order valence-corrected chi connectivity index (χ3v) is 4.39. The molecule has 4 nitrogen and oxygen atoms in total. The van der Waals surface area contributed by atoms with Crippen molar-refractivity contribution in [2.45, 2.75) is 46.1 Å². The van der Waals surface area contributed by atoms with Crippen LogP contribution in [0.15, 0.2) is 18.2 Å². The fraction of sp³-hybridized carbons (Fsp3) is 0.600. The van der Waals surface area contributed by atoms with Gasteiger partial charge in [0.05, 0.1) is 4.92 Å². The molecule has 104 valence electrons. The Kier molecular flexibility index (Phi) is 4.08. The highest BCUT2D eigenvalue weighted by molar-refractivity contribution is 5.66. The van der Waals surface area contributed by atoms with E-state index >= 15 is 0 Å². The van der Waals surface area contributed by atoms with Gasteiger partial charge in [-0.3, -0.25) is 10.1 Å². The van der Waals surface area contributed by atoms with Crippen LogP contribution >= 0.6 is 0 Å². The summed E-state index contributed by atoms with van der Waals surface area (Å²) in [6.45, 7) is 6.48. The van der Waals surface area contributed by atoms with Gasteiger partial charge in [0.2, 0.25) is 0 Å². The molecule has 2 rings (SSSR count). The number of anilines is 1. The van der Waals surface area contributed by atoms with Crippen LogP contribution < -0.4 is 5.32 Å². The molecule has 1 saturated carbocycles. The van der Waals surface area contributed by atoms with Gasteiger partial charge in [0.25, 0.3) is 5.69 Å². The quantitative estimate of drug-likeness (QED) is 0.658. The first-order chi connectivity index (χ1) is 8.99. The number of nitrogens with zero attached hydrogens (tertiary/aromatic N) is 1. The summed E-state index contributed by atoms with van der Waals surface area (Å²) in [5.74, 6) is 1.43. The summed E-state index contributed by atoms with van der Waals surface area (Å²) < 4.78 is 0. The SMILES string of the molecule is Cc1cccc([N+](=O)[O-])c1NC1CCC(C)C(C)C1. The lowest BCUT2D eigenvalue weighted by molar-refractivity contribution is -0.384. The number of nitro groups is 1. The maximum Gasteiger partial charge on any atom is 0.292 e. The van der Waals surface area contributed by atoms with E-state index in [1.165, 1.54) is 6.42 Å². The molecule has 19 heavy (non-hydrogen) atoms. The Bertz CT molecular complexity index is 473. The van der Waals surface area contributed by atoms with Crippen LogP contribution in [0, 0.1) is 28.9 Å². The maximum absolute atomic E-state index is 11.1. The maximum atomic E-state index is 11.1. The number of nitrogens with one attached hydrogen (secondary N) is 1. The topological polar surface area (TPSA) is 55.2 Å². The Morgan fingerprint density at radius 3 is 2.63 bits per heavy atom. The molecule has 1 fully saturated rings. The smallest absolute Gasteiger partial charge is 0.292 e. The van der Waals surface area contributed by atoms with Crippen molar-refractivity contribution in [1.29, 1.82) is 0 Å². The molecule has 0 radical (unpaired) electrons. The molecule has 1 N–H and O–H groups in total. The van der Waals surface area contributed by atoms with Crippen LogP contribution in [0.25, 0.3) is 0 Å². The lowest BCUT2D eigenvalue weighted by Crippen LogP contribution is -2.30. The third-order valence-electron chi connectivity index (χ3n) is 4.39.